The van der Waals surface area contributed by atoms with E-state index in [-0.39, 0.29) is 5.78 Å². The van der Waals surface area contributed by atoms with E-state index >= 15 is 0 Å². The van der Waals surface area contributed by atoms with Gasteiger partial charge in [-0.2, -0.15) is 0 Å². The van der Waals surface area contributed by atoms with Gasteiger partial charge in [0.15, 0.2) is 11.5 Å². The summed E-state index contributed by atoms with van der Waals surface area (Å²) in [6.07, 6.45) is 0.425. The molecule has 0 radical (unpaired) electrons. The molecule has 1 aliphatic rings. The second-order valence-corrected chi connectivity index (χ2v) is 2.39. The van der Waals surface area contributed by atoms with E-state index in [4.69, 9.17) is 4.74 Å². The Hall–Kier alpha value is -1.39. The topological polar surface area (TPSA) is 57.0 Å². The number of nitrogens with zero attached hydrogens (tertiary/aromatic N) is 3. The highest BCUT2D eigenvalue weighted by Gasteiger charge is 2.23. The third-order valence-electron chi connectivity index (χ3n) is 1.63. The minimum Gasteiger partial charge on any atom is -0.474 e. The third kappa shape index (κ3) is 0.806. The average Bonchev–Trinajstić information content (AvgIpc) is 2.34. The SMILES string of the molecule is Cn1nnc2c1C(=O)CCO2. The van der Waals surface area contributed by atoms with Crippen molar-refractivity contribution in [2.24, 2.45) is 7.05 Å². The van der Waals surface area contributed by atoms with Gasteiger partial charge >= 0.3 is 0 Å². The molecule has 58 valence electrons. The molecule has 2 heterocycles. The number of hydrogen-bond acceptors (Lipinski definition) is 4. The molecule has 0 spiro atoms. The van der Waals surface area contributed by atoms with Gasteiger partial charge in [0.25, 0.3) is 5.88 Å². The lowest BCUT2D eigenvalue weighted by Crippen LogP contribution is -2.17. The number of hydrogen-bond donors (Lipinski definition) is 0. The molecule has 1 aliphatic heterocycles. The number of carbonyl (C=O) groups excluding carboxylic acids is 1. The summed E-state index contributed by atoms with van der Waals surface area (Å²) in [5, 5.41) is 7.35. The van der Waals surface area contributed by atoms with Gasteiger partial charge in [-0.15, -0.1) is 0 Å². The van der Waals surface area contributed by atoms with Crippen LogP contribution < -0.4 is 4.74 Å². The number of Topliss-reactive ketones (excluding diaryl/α,β-unsaturated/α-hetero) is 1. The number of rotatable bonds is 0. The summed E-state index contributed by atoms with van der Waals surface area (Å²) >= 11 is 0. The maximum absolute atomic E-state index is 11.2. The highest BCUT2D eigenvalue weighted by molar-refractivity contribution is 5.97. The molecule has 1 aromatic rings. The van der Waals surface area contributed by atoms with E-state index in [1.165, 1.54) is 4.68 Å². The van der Waals surface area contributed by atoms with Gasteiger partial charge in [0, 0.05) is 13.5 Å². The predicted molar refractivity (Wildman–Crippen MR) is 35.4 cm³/mol. The molecule has 0 aromatic carbocycles. The Morgan fingerprint density at radius 1 is 1.64 bits per heavy atom. The zero-order valence-electron chi connectivity index (χ0n) is 6.07. The molecule has 2 rings (SSSR count). The first kappa shape index (κ1) is 6.33. The van der Waals surface area contributed by atoms with Crippen molar-refractivity contribution in [3.63, 3.8) is 0 Å². The minimum absolute atomic E-state index is 0.0544. The fourth-order valence-electron chi connectivity index (χ4n) is 1.09. The second kappa shape index (κ2) is 2.05. The Morgan fingerprint density at radius 2 is 2.45 bits per heavy atom. The van der Waals surface area contributed by atoms with Gasteiger partial charge in [-0.25, -0.2) is 4.68 Å². The van der Waals surface area contributed by atoms with Crippen LogP contribution in [-0.4, -0.2) is 27.4 Å². The van der Waals surface area contributed by atoms with E-state index in [0.717, 1.165) is 0 Å². The Labute approximate surface area is 63.0 Å². The quantitative estimate of drug-likeness (QED) is 0.517. The molecular weight excluding hydrogens is 146 g/mol. The van der Waals surface area contributed by atoms with Crippen molar-refractivity contribution in [3.8, 4) is 5.88 Å². The number of ether oxygens (including phenoxy) is 1. The van der Waals surface area contributed by atoms with E-state index in [1.807, 2.05) is 0 Å². The van der Waals surface area contributed by atoms with Gasteiger partial charge in [-0.1, -0.05) is 10.3 Å². The third-order valence-corrected chi connectivity index (χ3v) is 1.63. The molecule has 1 aromatic heterocycles. The first-order valence-corrected chi connectivity index (χ1v) is 3.34. The summed E-state index contributed by atoms with van der Waals surface area (Å²) in [6.45, 7) is 0.421. The highest BCUT2D eigenvalue weighted by atomic mass is 16.5. The summed E-state index contributed by atoms with van der Waals surface area (Å²) in [6, 6.07) is 0. The van der Waals surface area contributed by atoms with Crippen LogP contribution in [-0.2, 0) is 7.05 Å². The Bertz CT molecular complexity index is 305. The maximum atomic E-state index is 11.2. The first-order chi connectivity index (χ1) is 5.29. The van der Waals surface area contributed by atoms with Crippen molar-refractivity contribution in [1.29, 1.82) is 0 Å². The summed E-state index contributed by atoms with van der Waals surface area (Å²) in [4.78, 5) is 11.2. The van der Waals surface area contributed by atoms with Crippen LogP contribution in [0.1, 0.15) is 16.9 Å². The van der Waals surface area contributed by atoms with E-state index in [1.54, 1.807) is 7.05 Å². The maximum Gasteiger partial charge on any atom is 0.264 e. The molecule has 0 fully saturated rings. The van der Waals surface area contributed by atoms with Crippen LogP contribution in [0.25, 0.3) is 0 Å². The van der Waals surface area contributed by atoms with Gasteiger partial charge < -0.3 is 4.74 Å². The molecule has 0 atom stereocenters. The van der Waals surface area contributed by atoms with Crippen LogP contribution in [0.3, 0.4) is 0 Å². The number of fused-ring (bicyclic) bond motifs is 1. The molecule has 0 saturated heterocycles. The molecule has 5 heteroatoms. The van der Waals surface area contributed by atoms with E-state index < -0.39 is 0 Å². The smallest absolute Gasteiger partial charge is 0.264 e. The normalized spacial score (nSPS) is 15.9. The molecule has 0 saturated carbocycles. The van der Waals surface area contributed by atoms with E-state index in [2.05, 4.69) is 10.3 Å². The standard InChI is InChI=1S/C6H7N3O2/c1-9-5-4(10)2-3-11-6(5)7-8-9/h2-3H2,1H3. The summed E-state index contributed by atoms with van der Waals surface area (Å²) in [7, 11) is 1.68. The van der Waals surface area contributed by atoms with Gasteiger partial charge in [0.2, 0.25) is 0 Å². The van der Waals surface area contributed by atoms with Gasteiger partial charge in [-0.05, 0) is 0 Å². The molecule has 5 nitrogen and oxygen atoms in total. The van der Waals surface area contributed by atoms with Crippen LogP contribution in [0.2, 0.25) is 0 Å². The summed E-state index contributed by atoms with van der Waals surface area (Å²) < 4.78 is 6.54. The number of carbonyl (C=O) groups is 1. The zero-order valence-corrected chi connectivity index (χ0v) is 6.07. The van der Waals surface area contributed by atoms with Gasteiger partial charge in [0.1, 0.15) is 0 Å². The molecule has 0 aliphatic carbocycles. The lowest BCUT2D eigenvalue weighted by atomic mass is 10.2. The zero-order chi connectivity index (χ0) is 7.84. The van der Waals surface area contributed by atoms with Crippen molar-refractivity contribution in [3.05, 3.63) is 5.69 Å². The molecule has 0 bridgehead atoms. The molecule has 11 heavy (non-hydrogen) atoms. The van der Waals surface area contributed by atoms with Crippen LogP contribution in [0.15, 0.2) is 0 Å². The molecule has 0 N–H and O–H groups in total. The molecule has 0 unspecified atom stereocenters. The lowest BCUT2D eigenvalue weighted by Gasteiger charge is -2.09. The first-order valence-electron chi connectivity index (χ1n) is 3.34. The largest absolute Gasteiger partial charge is 0.474 e. The fourth-order valence-corrected chi connectivity index (χ4v) is 1.09. The molecular formula is C6H7N3O2. The second-order valence-electron chi connectivity index (χ2n) is 2.39. The number of ketones is 1. The highest BCUT2D eigenvalue weighted by Crippen LogP contribution is 2.19. The van der Waals surface area contributed by atoms with Crippen molar-refractivity contribution in [2.75, 3.05) is 6.61 Å². The van der Waals surface area contributed by atoms with Crippen LogP contribution in [0.4, 0.5) is 0 Å². The Morgan fingerprint density at radius 3 is 3.18 bits per heavy atom. The van der Waals surface area contributed by atoms with E-state index in [9.17, 15) is 4.79 Å². The Balaban J connectivity index is 2.56. The van der Waals surface area contributed by atoms with Crippen LogP contribution in [0.5, 0.6) is 5.88 Å². The fraction of sp³-hybridized carbons (Fsp3) is 0.500. The van der Waals surface area contributed by atoms with Gasteiger partial charge in [-0.3, -0.25) is 4.79 Å². The monoisotopic (exact) mass is 153 g/mol. The van der Waals surface area contributed by atoms with Crippen molar-refractivity contribution in [1.82, 2.24) is 15.0 Å². The summed E-state index contributed by atoms with van der Waals surface area (Å²) in [5.41, 5.74) is 0.483. The number of aromatic nitrogens is 3. The van der Waals surface area contributed by atoms with E-state index in [0.29, 0.717) is 24.6 Å². The predicted octanol–water partition coefficient (Wildman–Crippen LogP) is -0.220. The summed E-state index contributed by atoms with van der Waals surface area (Å²) in [5.74, 6) is 0.419. The average molecular weight is 153 g/mol. The lowest BCUT2D eigenvalue weighted by molar-refractivity contribution is 0.0921. The van der Waals surface area contributed by atoms with Crippen molar-refractivity contribution >= 4 is 5.78 Å². The minimum atomic E-state index is 0.0544. The van der Waals surface area contributed by atoms with Crippen molar-refractivity contribution in [2.45, 2.75) is 6.42 Å². The van der Waals surface area contributed by atoms with Crippen LogP contribution in [0, 0.1) is 0 Å². The van der Waals surface area contributed by atoms with Crippen LogP contribution >= 0.6 is 0 Å². The van der Waals surface area contributed by atoms with Crippen molar-refractivity contribution < 1.29 is 9.53 Å². The Kier molecular flexibility index (Phi) is 1.18. The number of aryl methyl sites for hydroxylation is 1. The molecule has 0 amide bonds. The van der Waals surface area contributed by atoms with Gasteiger partial charge in [0.05, 0.1) is 6.61 Å².